The number of carbonyl (C=O) groups excluding carboxylic acids is 1. The molecule has 1 aliphatic heterocycles. The van der Waals surface area contributed by atoms with Crippen LogP contribution in [-0.2, 0) is 11.2 Å². The van der Waals surface area contributed by atoms with Gasteiger partial charge in [-0.2, -0.15) is 0 Å². The van der Waals surface area contributed by atoms with E-state index in [1.807, 2.05) is 0 Å². The first-order valence-electron chi connectivity index (χ1n) is 7.93. The number of aromatic nitrogens is 2. The van der Waals surface area contributed by atoms with Gasteiger partial charge in [-0.05, 0) is 31.4 Å². The van der Waals surface area contributed by atoms with E-state index in [0.29, 0.717) is 11.6 Å². The summed E-state index contributed by atoms with van der Waals surface area (Å²) < 4.78 is 13.7. The van der Waals surface area contributed by atoms with E-state index in [4.69, 9.17) is 11.6 Å². The van der Waals surface area contributed by atoms with Crippen molar-refractivity contribution in [3.05, 3.63) is 47.0 Å². The number of nitrogens with zero attached hydrogens (tertiary/aromatic N) is 3. The highest BCUT2D eigenvalue weighted by molar-refractivity contribution is 6.31. The third kappa shape index (κ3) is 4.00. The Morgan fingerprint density at radius 1 is 1.21 bits per heavy atom. The molecule has 1 aliphatic rings. The number of rotatable bonds is 4. The van der Waals surface area contributed by atoms with Crippen LogP contribution in [0.15, 0.2) is 30.6 Å². The first-order chi connectivity index (χ1) is 11.6. The minimum atomic E-state index is -0.491. The van der Waals surface area contributed by atoms with E-state index in [9.17, 15) is 9.18 Å². The van der Waals surface area contributed by atoms with Crippen LogP contribution in [0.3, 0.4) is 0 Å². The number of hydrogen-bond donors (Lipinski definition) is 1. The highest BCUT2D eigenvalue weighted by atomic mass is 35.5. The summed E-state index contributed by atoms with van der Waals surface area (Å²) in [7, 11) is 0. The molecule has 3 rings (SSSR count). The minimum absolute atomic E-state index is 0.140. The quantitative estimate of drug-likeness (QED) is 0.919. The van der Waals surface area contributed by atoms with Crippen LogP contribution in [0, 0.1) is 5.82 Å². The van der Waals surface area contributed by atoms with E-state index in [1.165, 1.54) is 18.6 Å². The number of hydrogen-bond acceptors (Lipinski definition) is 4. The summed E-state index contributed by atoms with van der Waals surface area (Å²) in [4.78, 5) is 22.8. The third-order valence-corrected chi connectivity index (χ3v) is 4.31. The van der Waals surface area contributed by atoms with Crippen molar-refractivity contribution in [2.75, 3.05) is 23.3 Å². The molecule has 1 fully saturated rings. The molecule has 0 spiro atoms. The Morgan fingerprint density at radius 2 is 1.92 bits per heavy atom. The van der Waals surface area contributed by atoms with Gasteiger partial charge in [0.15, 0.2) is 0 Å². The van der Waals surface area contributed by atoms with Crippen LogP contribution in [0.4, 0.5) is 16.0 Å². The number of piperidine rings is 1. The Morgan fingerprint density at radius 3 is 2.58 bits per heavy atom. The van der Waals surface area contributed by atoms with E-state index in [-0.39, 0.29) is 22.9 Å². The van der Waals surface area contributed by atoms with Crippen molar-refractivity contribution in [3.8, 4) is 0 Å². The van der Waals surface area contributed by atoms with Crippen LogP contribution in [0.25, 0.3) is 0 Å². The molecule has 1 saturated heterocycles. The lowest BCUT2D eigenvalue weighted by Gasteiger charge is -2.26. The molecule has 0 aliphatic carbocycles. The maximum Gasteiger partial charge on any atom is 0.229 e. The average Bonchev–Trinajstić information content (AvgIpc) is 2.60. The fourth-order valence-electron chi connectivity index (χ4n) is 2.71. The van der Waals surface area contributed by atoms with Crippen LogP contribution in [0.1, 0.15) is 24.8 Å². The van der Waals surface area contributed by atoms with Crippen LogP contribution in [-0.4, -0.2) is 29.0 Å². The number of benzene rings is 1. The highest BCUT2D eigenvalue weighted by Gasteiger charge is 2.15. The second-order valence-electron chi connectivity index (χ2n) is 5.74. The summed E-state index contributed by atoms with van der Waals surface area (Å²) in [6.07, 6.45) is 6.52. The van der Waals surface area contributed by atoms with Crippen molar-refractivity contribution < 1.29 is 9.18 Å². The molecule has 0 bridgehead atoms. The Hall–Kier alpha value is -2.21. The van der Waals surface area contributed by atoms with Crippen molar-refractivity contribution in [2.45, 2.75) is 25.7 Å². The Kier molecular flexibility index (Phi) is 5.25. The molecule has 2 heterocycles. The fraction of sp³-hybridized carbons (Fsp3) is 0.353. The van der Waals surface area contributed by atoms with Crippen LogP contribution < -0.4 is 10.2 Å². The van der Waals surface area contributed by atoms with Gasteiger partial charge in [0.2, 0.25) is 11.9 Å². The summed E-state index contributed by atoms with van der Waals surface area (Å²) in [5.41, 5.74) is 0.663. The molecule has 126 valence electrons. The lowest BCUT2D eigenvalue weighted by atomic mass is 10.1. The highest BCUT2D eigenvalue weighted by Crippen LogP contribution is 2.20. The lowest BCUT2D eigenvalue weighted by Crippen LogP contribution is -2.30. The molecule has 7 heteroatoms. The van der Waals surface area contributed by atoms with Crippen LogP contribution >= 0.6 is 11.6 Å². The Bertz CT molecular complexity index is 697. The number of halogens is 2. The van der Waals surface area contributed by atoms with Gasteiger partial charge in [-0.1, -0.05) is 17.7 Å². The molecule has 0 saturated carbocycles. The number of nitrogens with one attached hydrogen (secondary N) is 1. The molecule has 1 aromatic heterocycles. The van der Waals surface area contributed by atoms with Crippen LogP contribution in [0.5, 0.6) is 0 Å². The fourth-order valence-corrected chi connectivity index (χ4v) is 2.94. The lowest BCUT2D eigenvalue weighted by molar-refractivity contribution is -0.115. The van der Waals surface area contributed by atoms with Crippen LogP contribution in [0.2, 0.25) is 5.02 Å². The Labute approximate surface area is 144 Å². The molecule has 1 amide bonds. The second kappa shape index (κ2) is 7.57. The van der Waals surface area contributed by atoms with Gasteiger partial charge in [0.05, 0.1) is 24.5 Å². The molecule has 1 aromatic carbocycles. The van der Waals surface area contributed by atoms with E-state index in [1.54, 1.807) is 18.5 Å². The van der Waals surface area contributed by atoms with Gasteiger partial charge >= 0.3 is 0 Å². The zero-order valence-corrected chi connectivity index (χ0v) is 13.9. The van der Waals surface area contributed by atoms with Crippen molar-refractivity contribution in [1.82, 2.24) is 9.97 Å². The van der Waals surface area contributed by atoms with Crippen molar-refractivity contribution in [3.63, 3.8) is 0 Å². The molecule has 24 heavy (non-hydrogen) atoms. The molecule has 0 unspecified atom stereocenters. The predicted octanol–water partition coefficient (Wildman–Crippen LogP) is 3.44. The van der Waals surface area contributed by atoms with Gasteiger partial charge in [-0.15, -0.1) is 0 Å². The summed E-state index contributed by atoms with van der Waals surface area (Å²) in [5, 5.41) is 2.91. The maximum absolute atomic E-state index is 13.7. The maximum atomic E-state index is 13.7. The van der Waals surface area contributed by atoms with E-state index < -0.39 is 5.82 Å². The zero-order chi connectivity index (χ0) is 16.9. The number of carbonyl (C=O) groups is 1. The van der Waals surface area contributed by atoms with Gasteiger partial charge in [-0.3, -0.25) is 4.79 Å². The summed E-state index contributed by atoms with van der Waals surface area (Å²) in [6.45, 7) is 1.91. The van der Waals surface area contributed by atoms with Gasteiger partial charge in [0.25, 0.3) is 0 Å². The number of amides is 1. The smallest absolute Gasteiger partial charge is 0.229 e. The minimum Gasteiger partial charge on any atom is -0.341 e. The van der Waals surface area contributed by atoms with E-state index >= 15 is 0 Å². The first-order valence-corrected chi connectivity index (χ1v) is 8.31. The number of anilines is 2. The zero-order valence-electron chi connectivity index (χ0n) is 13.1. The molecule has 1 N–H and O–H groups in total. The van der Waals surface area contributed by atoms with E-state index in [2.05, 4.69) is 20.2 Å². The SMILES string of the molecule is O=C(Cc1c(F)cccc1Cl)Nc1cnc(N2CCCCC2)nc1. The summed E-state index contributed by atoms with van der Waals surface area (Å²) in [5.74, 6) is -0.185. The molecular weight excluding hydrogens is 331 g/mol. The first kappa shape index (κ1) is 16.6. The molecular formula is C17H18ClFN4O. The average molecular weight is 349 g/mol. The molecule has 2 aromatic rings. The Balaban J connectivity index is 1.62. The van der Waals surface area contributed by atoms with Gasteiger partial charge in [-0.25, -0.2) is 14.4 Å². The molecule has 0 atom stereocenters. The summed E-state index contributed by atoms with van der Waals surface area (Å²) in [6, 6.07) is 4.35. The summed E-state index contributed by atoms with van der Waals surface area (Å²) >= 11 is 5.93. The standard InChI is InChI=1S/C17H18ClFN4O/c18-14-5-4-6-15(19)13(14)9-16(24)22-12-10-20-17(21-11-12)23-7-2-1-3-8-23/h4-6,10-11H,1-3,7-9H2,(H,22,24). The van der Waals surface area contributed by atoms with Gasteiger partial charge < -0.3 is 10.2 Å². The van der Waals surface area contributed by atoms with Crippen molar-refractivity contribution in [1.29, 1.82) is 0 Å². The molecule has 0 radical (unpaired) electrons. The molecule has 5 nitrogen and oxygen atoms in total. The van der Waals surface area contributed by atoms with E-state index in [0.717, 1.165) is 25.9 Å². The van der Waals surface area contributed by atoms with Gasteiger partial charge in [0, 0.05) is 23.7 Å². The predicted molar refractivity (Wildman–Crippen MR) is 91.8 cm³/mol. The van der Waals surface area contributed by atoms with Crippen molar-refractivity contribution in [2.24, 2.45) is 0 Å². The van der Waals surface area contributed by atoms with Gasteiger partial charge in [0.1, 0.15) is 5.82 Å². The monoisotopic (exact) mass is 348 g/mol. The normalized spacial score (nSPS) is 14.5. The topological polar surface area (TPSA) is 58.1 Å². The largest absolute Gasteiger partial charge is 0.341 e. The van der Waals surface area contributed by atoms with Crippen molar-refractivity contribution >= 4 is 29.1 Å². The second-order valence-corrected chi connectivity index (χ2v) is 6.15. The third-order valence-electron chi connectivity index (χ3n) is 3.96.